The Morgan fingerprint density at radius 3 is 2.81 bits per heavy atom. The number of pyridine rings is 1. The predicted molar refractivity (Wildman–Crippen MR) is 111 cm³/mol. The van der Waals surface area contributed by atoms with Crippen LogP contribution in [0.1, 0.15) is 6.92 Å². The van der Waals surface area contributed by atoms with Crippen molar-refractivity contribution in [1.29, 1.82) is 0 Å². The fourth-order valence-corrected chi connectivity index (χ4v) is 3.70. The maximum atomic E-state index is 9.94. The molecule has 3 rings (SSSR count). The van der Waals surface area contributed by atoms with Crippen molar-refractivity contribution in [2.24, 2.45) is 0 Å². The molecule has 2 N–H and O–H groups in total. The summed E-state index contributed by atoms with van der Waals surface area (Å²) in [5, 5.41) is 24.2. The Morgan fingerprint density at radius 1 is 1.37 bits per heavy atom. The van der Waals surface area contributed by atoms with Crippen LogP contribution in [0.5, 0.6) is 0 Å². The molecule has 3 heterocycles. The van der Waals surface area contributed by atoms with Crippen molar-refractivity contribution in [2.45, 2.75) is 19.7 Å². The minimum Gasteiger partial charge on any atom is -0.423 e. The van der Waals surface area contributed by atoms with Crippen molar-refractivity contribution in [2.75, 3.05) is 55.8 Å². The number of nitrogens with zero attached hydrogens (tertiary/aromatic N) is 4. The fraction of sp³-hybridized carbons (Fsp3) is 0.647. The average Bonchev–Trinajstić information content (AvgIpc) is 3.00. The van der Waals surface area contributed by atoms with E-state index in [9.17, 15) is 10.0 Å². The van der Waals surface area contributed by atoms with Crippen LogP contribution in [0, 0.1) is 0 Å². The molecule has 1 saturated heterocycles. The van der Waals surface area contributed by atoms with Gasteiger partial charge in [0.25, 0.3) is 0 Å². The largest absolute Gasteiger partial charge is 0.490 e. The third-order valence-corrected chi connectivity index (χ3v) is 6.00. The summed E-state index contributed by atoms with van der Waals surface area (Å²) < 4.78 is 12.9. The highest BCUT2D eigenvalue weighted by Gasteiger charge is 2.26. The van der Waals surface area contributed by atoms with Gasteiger partial charge in [0, 0.05) is 17.8 Å². The van der Waals surface area contributed by atoms with Crippen LogP contribution in [0.3, 0.4) is 0 Å². The van der Waals surface area contributed by atoms with Crippen molar-refractivity contribution in [3.63, 3.8) is 0 Å². The molecule has 1 atom stereocenters. The third kappa shape index (κ3) is 4.94. The summed E-state index contributed by atoms with van der Waals surface area (Å²) in [5.74, 6) is 1.72. The summed E-state index contributed by atoms with van der Waals surface area (Å²) in [5.41, 5.74) is 1.60. The second-order valence-corrected chi connectivity index (χ2v) is 12.4. The first-order chi connectivity index (χ1) is 12.8. The van der Waals surface area contributed by atoms with Gasteiger partial charge in [-0.15, -0.1) is 0 Å². The quantitative estimate of drug-likeness (QED) is 0.503. The lowest BCUT2D eigenvalue weighted by Gasteiger charge is -2.34. The van der Waals surface area contributed by atoms with Gasteiger partial charge in [0.15, 0.2) is 0 Å². The molecule has 2 aromatic rings. The lowest BCUT2D eigenvalue weighted by molar-refractivity contribution is 0.0841. The van der Waals surface area contributed by atoms with Gasteiger partial charge in [-0.05, 0) is 31.8 Å². The van der Waals surface area contributed by atoms with E-state index < -0.39 is 17.1 Å². The predicted octanol–water partition coefficient (Wildman–Crippen LogP) is 0.00430. The first kappa shape index (κ1) is 20.4. The monoisotopic (exact) mass is 396 g/mol. The minimum atomic E-state index is -1.61. The normalized spacial score (nSPS) is 18.9. The number of anilines is 1. The second kappa shape index (κ2) is 8.36. The van der Waals surface area contributed by atoms with Crippen LogP contribution in [-0.2, 0) is 16.2 Å². The number of aromatic nitrogens is 3. The lowest BCUT2D eigenvalue weighted by Crippen LogP contribution is -2.45. The van der Waals surface area contributed by atoms with Crippen molar-refractivity contribution in [3.8, 4) is 0 Å². The van der Waals surface area contributed by atoms with Crippen molar-refractivity contribution < 1.29 is 19.5 Å². The van der Waals surface area contributed by atoms with Gasteiger partial charge in [-0.25, -0.2) is 19.7 Å². The highest BCUT2D eigenvalue weighted by Crippen LogP contribution is 2.33. The van der Waals surface area contributed by atoms with Gasteiger partial charge in [-0.1, -0.05) is 0 Å². The Labute approximate surface area is 161 Å². The zero-order valence-corrected chi connectivity index (χ0v) is 17.3. The standard InChI is InChI=1S/C17H29BN4O4S/c1-13-11-25-6-5-21(13)16-9-14(18(23)24)17-15(20-16)10-19-22(17)12-26-7-8-27(2,3)4/h9-10,13,23-24H,5-8,11-12H2,1-4H3/t13-/m1/s1. The molecule has 2 aromatic heterocycles. The summed E-state index contributed by atoms with van der Waals surface area (Å²) in [6.07, 6.45) is 8.39. The Hall–Kier alpha value is -1.33. The third-order valence-electron chi connectivity index (χ3n) is 4.61. The molecular formula is C17H29BN4O4S. The average molecular weight is 396 g/mol. The van der Waals surface area contributed by atoms with E-state index in [1.807, 2.05) is 0 Å². The topological polar surface area (TPSA) is 92.9 Å². The minimum absolute atomic E-state index is 0.172. The van der Waals surface area contributed by atoms with Crippen molar-refractivity contribution in [1.82, 2.24) is 14.8 Å². The van der Waals surface area contributed by atoms with Crippen molar-refractivity contribution in [3.05, 3.63) is 12.3 Å². The summed E-state index contributed by atoms with van der Waals surface area (Å²) >= 11 is 0. The van der Waals surface area contributed by atoms with Gasteiger partial charge < -0.3 is 24.4 Å². The van der Waals surface area contributed by atoms with Gasteiger partial charge in [0.2, 0.25) is 0 Å². The van der Waals surface area contributed by atoms with Crippen LogP contribution in [0.15, 0.2) is 12.3 Å². The first-order valence-electron chi connectivity index (χ1n) is 9.07. The zero-order valence-electron chi connectivity index (χ0n) is 16.5. The molecule has 1 fully saturated rings. The Morgan fingerprint density at radius 2 is 2.15 bits per heavy atom. The number of fused-ring (bicyclic) bond motifs is 1. The van der Waals surface area contributed by atoms with E-state index in [-0.39, 0.29) is 12.8 Å². The van der Waals surface area contributed by atoms with Gasteiger partial charge in [0.05, 0.1) is 37.6 Å². The Bertz CT molecular complexity index is 780. The fourth-order valence-electron chi connectivity index (χ4n) is 3.09. The SMILES string of the molecule is C[C@@H]1COCCN1c1cc(B(O)O)c2c(cnn2COCCS(C)(C)C)n1. The van der Waals surface area contributed by atoms with E-state index in [1.54, 1.807) is 16.9 Å². The summed E-state index contributed by atoms with van der Waals surface area (Å²) in [6.45, 7) is 4.94. The molecule has 0 aromatic carbocycles. The van der Waals surface area contributed by atoms with Crippen LogP contribution < -0.4 is 10.4 Å². The Kier molecular flexibility index (Phi) is 6.32. The lowest BCUT2D eigenvalue weighted by atomic mass is 9.79. The molecule has 150 valence electrons. The van der Waals surface area contributed by atoms with Crippen LogP contribution in [-0.4, -0.2) is 88.9 Å². The van der Waals surface area contributed by atoms with E-state index >= 15 is 0 Å². The van der Waals surface area contributed by atoms with Gasteiger partial charge in [0.1, 0.15) is 18.1 Å². The molecule has 1 aliphatic rings. The molecule has 0 amide bonds. The second-order valence-electron chi connectivity index (χ2n) is 7.77. The highest BCUT2D eigenvalue weighted by molar-refractivity contribution is 8.32. The van der Waals surface area contributed by atoms with E-state index in [1.165, 1.54) is 0 Å². The summed E-state index contributed by atoms with van der Waals surface area (Å²) in [4.78, 5) is 6.81. The van der Waals surface area contributed by atoms with Crippen molar-refractivity contribution >= 4 is 39.5 Å². The number of hydrogen-bond acceptors (Lipinski definition) is 7. The molecule has 1 aliphatic heterocycles. The smallest absolute Gasteiger partial charge is 0.423 e. The number of rotatable bonds is 7. The molecular weight excluding hydrogens is 367 g/mol. The van der Waals surface area contributed by atoms with E-state index in [0.29, 0.717) is 48.7 Å². The van der Waals surface area contributed by atoms with E-state index in [2.05, 4.69) is 35.7 Å². The molecule has 0 bridgehead atoms. The summed E-state index contributed by atoms with van der Waals surface area (Å²) in [7, 11) is -2.23. The molecule has 0 spiro atoms. The first-order valence-corrected chi connectivity index (χ1v) is 12.1. The molecule has 0 radical (unpaired) electrons. The molecule has 27 heavy (non-hydrogen) atoms. The van der Waals surface area contributed by atoms with Crippen LogP contribution in [0.25, 0.3) is 11.0 Å². The van der Waals surface area contributed by atoms with Crippen LogP contribution in [0.2, 0.25) is 0 Å². The van der Waals surface area contributed by atoms with Gasteiger partial charge in [-0.3, -0.25) is 0 Å². The van der Waals surface area contributed by atoms with Gasteiger partial charge in [-0.2, -0.15) is 5.10 Å². The molecule has 0 aliphatic carbocycles. The maximum Gasteiger partial charge on any atom is 0.490 e. The van der Waals surface area contributed by atoms with Gasteiger partial charge >= 0.3 is 7.12 Å². The number of hydrogen-bond donors (Lipinski definition) is 2. The number of morpholine rings is 1. The molecule has 10 heteroatoms. The molecule has 8 nitrogen and oxygen atoms in total. The van der Waals surface area contributed by atoms with Crippen LogP contribution in [0.4, 0.5) is 5.82 Å². The summed E-state index contributed by atoms with van der Waals surface area (Å²) in [6, 6.07) is 1.90. The van der Waals surface area contributed by atoms with Crippen LogP contribution >= 0.6 is 10.0 Å². The highest BCUT2D eigenvalue weighted by atomic mass is 32.3. The Balaban J connectivity index is 1.85. The zero-order chi connectivity index (χ0) is 19.6. The maximum absolute atomic E-state index is 9.94. The number of ether oxygens (including phenoxy) is 2. The van der Waals surface area contributed by atoms with E-state index in [0.717, 1.165) is 5.75 Å². The molecule has 0 unspecified atom stereocenters. The molecule has 0 saturated carbocycles. The van der Waals surface area contributed by atoms with E-state index in [4.69, 9.17) is 14.5 Å².